The molecule has 0 spiro atoms. The van der Waals surface area contributed by atoms with Crippen molar-refractivity contribution in [2.45, 2.75) is 45.3 Å². The molecule has 1 atom stereocenters. The van der Waals surface area contributed by atoms with Crippen LogP contribution in [-0.4, -0.2) is 46.5 Å². The number of ether oxygens (including phenoxy) is 1. The number of aliphatic hydroxyl groups excluding tert-OH is 1. The van der Waals surface area contributed by atoms with Crippen LogP contribution in [0.15, 0.2) is 6.33 Å². The van der Waals surface area contributed by atoms with Crippen LogP contribution < -0.4 is 10.6 Å². The maximum atomic E-state index is 9.41. The van der Waals surface area contributed by atoms with Crippen LogP contribution in [0, 0.1) is 0 Å². The van der Waals surface area contributed by atoms with E-state index in [0.29, 0.717) is 18.9 Å². The average molecular weight is 280 g/mol. The van der Waals surface area contributed by atoms with Crippen LogP contribution in [0.4, 0.5) is 11.6 Å². The highest BCUT2D eigenvalue weighted by atomic mass is 16.5. The molecule has 2 rings (SSSR count). The van der Waals surface area contributed by atoms with Gasteiger partial charge in [-0.15, -0.1) is 0 Å². The Morgan fingerprint density at radius 3 is 2.80 bits per heavy atom. The number of rotatable bonds is 3. The molecule has 0 aromatic carbocycles. The van der Waals surface area contributed by atoms with Crippen molar-refractivity contribution in [3.63, 3.8) is 0 Å². The van der Waals surface area contributed by atoms with Crippen molar-refractivity contribution in [3.8, 4) is 0 Å². The number of nitrogens with two attached hydrogens (primary N) is 1. The number of morpholine rings is 1. The third kappa shape index (κ3) is 3.02. The molecular formula is C14H24N4O2. The summed E-state index contributed by atoms with van der Waals surface area (Å²) in [5.74, 6) is 1.61. The van der Waals surface area contributed by atoms with Gasteiger partial charge in [0.15, 0.2) is 0 Å². The molecule has 0 amide bonds. The molecule has 1 fully saturated rings. The van der Waals surface area contributed by atoms with E-state index >= 15 is 0 Å². The standard InChI is InChI=1S/C14H24N4O2/c1-9(2)11-12(15)16-8-17-13(11)18-5-10(6-19)20-14(3,4)7-18/h8-10,19H,5-7H2,1-4H3,(H2,15,16,17). The summed E-state index contributed by atoms with van der Waals surface area (Å²) in [7, 11) is 0. The van der Waals surface area contributed by atoms with E-state index in [-0.39, 0.29) is 24.2 Å². The zero-order chi connectivity index (χ0) is 14.9. The highest BCUT2D eigenvalue weighted by Gasteiger charge is 2.35. The molecule has 112 valence electrons. The van der Waals surface area contributed by atoms with Gasteiger partial charge in [0.1, 0.15) is 18.0 Å². The summed E-state index contributed by atoms with van der Waals surface area (Å²) >= 11 is 0. The Kier molecular flexibility index (Phi) is 4.15. The molecule has 1 aromatic heterocycles. The van der Waals surface area contributed by atoms with Crippen molar-refractivity contribution in [1.29, 1.82) is 0 Å². The van der Waals surface area contributed by atoms with Crippen molar-refractivity contribution in [2.75, 3.05) is 30.3 Å². The van der Waals surface area contributed by atoms with Crippen LogP contribution >= 0.6 is 0 Å². The number of nitrogens with zero attached hydrogens (tertiary/aromatic N) is 3. The van der Waals surface area contributed by atoms with Gasteiger partial charge in [-0.3, -0.25) is 0 Å². The fourth-order valence-electron chi connectivity index (χ4n) is 2.76. The third-order valence-corrected chi connectivity index (χ3v) is 3.46. The van der Waals surface area contributed by atoms with E-state index < -0.39 is 0 Å². The smallest absolute Gasteiger partial charge is 0.137 e. The average Bonchev–Trinajstić information content (AvgIpc) is 2.36. The largest absolute Gasteiger partial charge is 0.394 e. The van der Waals surface area contributed by atoms with Crippen molar-refractivity contribution in [1.82, 2.24) is 9.97 Å². The minimum atomic E-state index is -0.334. The number of hydrogen-bond acceptors (Lipinski definition) is 6. The Labute approximate surface area is 120 Å². The molecule has 0 aliphatic carbocycles. The van der Waals surface area contributed by atoms with E-state index in [4.69, 9.17) is 10.5 Å². The fourth-order valence-corrected chi connectivity index (χ4v) is 2.76. The van der Waals surface area contributed by atoms with Crippen LogP contribution in [0.3, 0.4) is 0 Å². The van der Waals surface area contributed by atoms with Gasteiger partial charge in [-0.05, 0) is 19.8 Å². The van der Waals surface area contributed by atoms with Gasteiger partial charge >= 0.3 is 0 Å². The van der Waals surface area contributed by atoms with Gasteiger partial charge in [0.05, 0.1) is 18.3 Å². The Morgan fingerprint density at radius 1 is 1.50 bits per heavy atom. The van der Waals surface area contributed by atoms with Crippen LogP contribution in [0.5, 0.6) is 0 Å². The molecular weight excluding hydrogens is 256 g/mol. The summed E-state index contributed by atoms with van der Waals surface area (Å²) in [6.07, 6.45) is 1.28. The summed E-state index contributed by atoms with van der Waals surface area (Å²) in [4.78, 5) is 10.6. The molecule has 1 aliphatic heterocycles. The second-order valence-electron chi connectivity index (χ2n) is 6.21. The normalized spacial score (nSPS) is 22.3. The number of nitrogen functional groups attached to an aromatic ring is 1. The molecule has 1 saturated heterocycles. The van der Waals surface area contributed by atoms with Gasteiger partial charge in [-0.1, -0.05) is 13.8 Å². The monoisotopic (exact) mass is 280 g/mol. The fraction of sp³-hybridized carbons (Fsp3) is 0.714. The minimum absolute atomic E-state index is 0.00247. The second-order valence-corrected chi connectivity index (χ2v) is 6.21. The first-order valence-electron chi connectivity index (χ1n) is 6.98. The Bertz CT molecular complexity index is 476. The number of aromatic nitrogens is 2. The summed E-state index contributed by atoms with van der Waals surface area (Å²) < 4.78 is 5.84. The van der Waals surface area contributed by atoms with E-state index in [9.17, 15) is 5.11 Å². The van der Waals surface area contributed by atoms with Crippen molar-refractivity contribution >= 4 is 11.6 Å². The zero-order valence-electron chi connectivity index (χ0n) is 12.6. The molecule has 1 aromatic rings. The molecule has 0 bridgehead atoms. The maximum absolute atomic E-state index is 9.41. The van der Waals surface area contributed by atoms with Gasteiger partial charge in [0.2, 0.25) is 0 Å². The zero-order valence-corrected chi connectivity index (χ0v) is 12.6. The summed E-state index contributed by atoms with van der Waals surface area (Å²) in [5, 5.41) is 9.41. The Morgan fingerprint density at radius 2 is 2.20 bits per heavy atom. The van der Waals surface area contributed by atoms with Gasteiger partial charge < -0.3 is 20.5 Å². The van der Waals surface area contributed by atoms with Crippen molar-refractivity contribution in [2.24, 2.45) is 0 Å². The van der Waals surface area contributed by atoms with Gasteiger partial charge in [-0.2, -0.15) is 0 Å². The van der Waals surface area contributed by atoms with E-state index in [0.717, 1.165) is 11.4 Å². The van der Waals surface area contributed by atoms with E-state index in [1.807, 2.05) is 13.8 Å². The first-order valence-corrected chi connectivity index (χ1v) is 6.98. The minimum Gasteiger partial charge on any atom is -0.394 e. The molecule has 0 radical (unpaired) electrons. The van der Waals surface area contributed by atoms with Gasteiger partial charge in [0.25, 0.3) is 0 Å². The number of hydrogen-bond donors (Lipinski definition) is 2. The number of aliphatic hydroxyl groups is 1. The van der Waals surface area contributed by atoms with Crippen molar-refractivity contribution < 1.29 is 9.84 Å². The lowest BCUT2D eigenvalue weighted by Crippen LogP contribution is -2.54. The van der Waals surface area contributed by atoms with Crippen LogP contribution in [-0.2, 0) is 4.74 Å². The third-order valence-electron chi connectivity index (χ3n) is 3.46. The molecule has 20 heavy (non-hydrogen) atoms. The molecule has 2 heterocycles. The van der Waals surface area contributed by atoms with Gasteiger partial charge in [-0.25, -0.2) is 9.97 Å². The lowest BCUT2D eigenvalue weighted by atomic mass is 10.0. The van der Waals surface area contributed by atoms with Crippen LogP contribution in [0.25, 0.3) is 0 Å². The molecule has 6 heteroatoms. The van der Waals surface area contributed by atoms with Crippen LogP contribution in [0.2, 0.25) is 0 Å². The lowest BCUT2D eigenvalue weighted by molar-refractivity contribution is -0.101. The molecule has 3 N–H and O–H groups in total. The van der Waals surface area contributed by atoms with Gasteiger partial charge in [0, 0.05) is 18.7 Å². The predicted molar refractivity (Wildman–Crippen MR) is 78.8 cm³/mol. The molecule has 1 aliphatic rings. The number of anilines is 2. The first-order chi connectivity index (χ1) is 9.34. The summed E-state index contributed by atoms with van der Waals surface area (Å²) in [6.45, 7) is 9.50. The maximum Gasteiger partial charge on any atom is 0.137 e. The van der Waals surface area contributed by atoms with Crippen LogP contribution in [0.1, 0.15) is 39.2 Å². The SMILES string of the molecule is CC(C)c1c(N)ncnc1N1CC(CO)OC(C)(C)C1. The molecule has 6 nitrogen and oxygen atoms in total. The highest BCUT2D eigenvalue weighted by molar-refractivity contribution is 5.58. The van der Waals surface area contributed by atoms with E-state index in [1.165, 1.54) is 6.33 Å². The first kappa shape index (κ1) is 15.0. The quantitative estimate of drug-likeness (QED) is 0.864. The summed E-state index contributed by atoms with van der Waals surface area (Å²) in [5.41, 5.74) is 6.63. The predicted octanol–water partition coefficient (Wildman–Crippen LogP) is 1.16. The topological polar surface area (TPSA) is 84.5 Å². The molecule has 1 unspecified atom stereocenters. The molecule has 0 saturated carbocycles. The Balaban J connectivity index is 2.38. The highest BCUT2D eigenvalue weighted by Crippen LogP contribution is 2.32. The van der Waals surface area contributed by atoms with E-state index in [1.54, 1.807) is 0 Å². The lowest BCUT2D eigenvalue weighted by Gasteiger charge is -2.43. The van der Waals surface area contributed by atoms with Crippen molar-refractivity contribution in [3.05, 3.63) is 11.9 Å². The summed E-state index contributed by atoms with van der Waals surface area (Å²) in [6, 6.07) is 0. The van der Waals surface area contributed by atoms with E-state index in [2.05, 4.69) is 28.7 Å². The Hall–Kier alpha value is -1.40. The second kappa shape index (κ2) is 5.54.